The Hall–Kier alpha value is -2.72. The van der Waals surface area contributed by atoms with Gasteiger partial charge in [-0.1, -0.05) is 48.5 Å². The van der Waals surface area contributed by atoms with Crippen molar-refractivity contribution in [2.45, 2.75) is 32.4 Å². The molecule has 1 fully saturated rings. The maximum atomic E-state index is 12.5. The number of pyridine rings is 1. The van der Waals surface area contributed by atoms with Gasteiger partial charge in [-0.15, -0.1) is 0 Å². The molecule has 1 amide bonds. The molecule has 1 aliphatic rings. The van der Waals surface area contributed by atoms with Gasteiger partial charge in [0.25, 0.3) is 0 Å². The molecule has 4 nitrogen and oxygen atoms in total. The van der Waals surface area contributed by atoms with Crippen LogP contribution in [0.2, 0.25) is 0 Å². The SMILES string of the molecule is C[C@H](c1cccc2ccccc12)N1CCC(C(=O)NCc2cccnc2)CC1. The second kappa shape index (κ2) is 8.53. The van der Waals surface area contributed by atoms with E-state index in [9.17, 15) is 4.79 Å². The minimum Gasteiger partial charge on any atom is -0.352 e. The third kappa shape index (κ3) is 4.07. The van der Waals surface area contributed by atoms with E-state index >= 15 is 0 Å². The molecule has 1 atom stereocenters. The lowest BCUT2D eigenvalue weighted by atomic mass is 9.92. The summed E-state index contributed by atoms with van der Waals surface area (Å²) in [7, 11) is 0. The molecule has 0 aliphatic carbocycles. The fourth-order valence-corrected chi connectivity index (χ4v) is 4.20. The third-order valence-electron chi connectivity index (χ3n) is 5.91. The number of amides is 1. The Morgan fingerprint density at radius 1 is 1.11 bits per heavy atom. The zero-order valence-electron chi connectivity index (χ0n) is 16.3. The van der Waals surface area contributed by atoms with Gasteiger partial charge in [-0.3, -0.25) is 14.7 Å². The summed E-state index contributed by atoms with van der Waals surface area (Å²) in [5.41, 5.74) is 2.41. The van der Waals surface area contributed by atoms with E-state index in [0.29, 0.717) is 12.6 Å². The molecule has 4 heteroatoms. The molecule has 0 unspecified atom stereocenters. The molecule has 1 N–H and O–H groups in total. The first-order valence-corrected chi connectivity index (χ1v) is 10.1. The van der Waals surface area contributed by atoms with E-state index in [4.69, 9.17) is 0 Å². The lowest BCUT2D eigenvalue weighted by molar-refractivity contribution is -0.126. The second-order valence-electron chi connectivity index (χ2n) is 7.63. The predicted molar refractivity (Wildman–Crippen MR) is 113 cm³/mol. The molecule has 0 radical (unpaired) electrons. The second-order valence-corrected chi connectivity index (χ2v) is 7.63. The van der Waals surface area contributed by atoms with Crippen molar-refractivity contribution in [3.8, 4) is 0 Å². The monoisotopic (exact) mass is 373 g/mol. The van der Waals surface area contributed by atoms with Crippen molar-refractivity contribution in [3.05, 3.63) is 78.1 Å². The van der Waals surface area contributed by atoms with E-state index in [1.807, 2.05) is 12.1 Å². The minimum atomic E-state index is 0.104. The number of carbonyl (C=O) groups excluding carboxylic acids is 1. The van der Waals surface area contributed by atoms with Crippen LogP contribution < -0.4 is 5.32 Å². The number of piperidine rings is 1. The molecule has 144 valence electrons. The van der Waals surface area contributed by atoms with Crippen molar-refractivity contribution < 1.29 is 4.79 Å². The normalized spacial score (nSPS) is 16.8. The average Bonchev–Trinajstić information content (AvgIpc) is 2.77. The number of hydrogen-bond donors (Lipinski definition) is 1. The van der Waals surface area contributed by atoms with Gasteiger partial charge in [-0.25, -0.2) is 0 Å². The van der Waals surface area contributed by atoms with Crippen LogP contribution in [0, 0.1) is 5.92 Å². The van der Waals surface area contributed by atoms with Crippen molar-refractivity contribution in [2.24, 2.45) is 5.92 Å². The maximum Gasteiger partial charge on any atom is 0.223 e. The van der Waals surface area contributed by atoms with Crippen LogP contribution in [0.3, 0.4) is 0 Å². The molecule has 0 spiro atoms. The first-order chi connectivity index (χ1) is 13.7. The zero-order valence-corrected chi connectivity index (χ0v) is 16.3. The molecule has 3 aromatic rings. The van der Waals surface area contributed by atoms with E-state index in [1.165, 1.54) is 16.3 Å². The van der Waals surface area contributed by atoms with Crippen LogP contribution in [0.5, 0.6) is 0 Å². The Morgan fingerprint density at radius 2 is 1.89 bits per heavy atom. The summed E-state index contributed by atoms with van der Waals surface area (Å²) in [6.07, 6.45) is 5.37. The quantitative estimate of drug-likeness (QED) is 0.724. The average molecular weight is 374 g/mol. The molecule has 2 aromatic carbocycles. The summed E-state index contributed by atoms with van der Waals surface area (Å²) in [6, 6.07) is 19.4. The van der Waals surface area contributed by atoms with Crippen LogP contribution >= 0.6 is 0 Å². The predicted octanol–water partition coefficient (Wildman–Crippen LogP) is 4.32. The van der Waals surface area contributed by atoms with Gasteiger partial charge in [-0.05, 0) is 60.8 Å². The van der Waals surface area contributed by atoms with Gasteiger partial charge in [0.1, 0.15) is 0 Å². The molecule has 1 aliphatic heterocycles. The van der Waals surface area contributed by atoms with Crippen LogP contribution in [-0.4, -0.2) is 28.9 Å². The molecule has 28 heavy (non-hydrogen) atoms. The van der Waals surface area contributed by atoms with E-state index in [-0.39, 0.29) is 11.8 Å². The number of hydrogen-bond acceptors (Lipinski definition) is 3. The molecule has 1 saturated heterocycles. The number of rotatable bonds is 5. The van der Waals surface area contributed by atoms with Crippen molar-refractivity contribution in [3.63, 3.8) is 0 Å². The summed E-state index contributed by atoms with van der Waals surface area (Å²) in [5, 5.41) is 5.69. The van der Waals surface area contributed by atoms with Crippen molar-refractivity contribution in [1.29, 1.82) is 0 Å². The fraction of sp³-hybridized carbons (Fsp3) is 0.333. The van der Waals surface area contributed by atoms with Crippen LogP contribution in [0.4, 0.5) is 0 Å². The Balaban J connectivity index is 1.35. The van der Waals surface area contributed by atoms with Gasteiger partial charge in [0.05, 0.1) is 0 Å². The fourth-order valence-electron chi connectivity index (χ4n) is 4.20. The number of likely N-dealkylation sites (tertiary alicyclic amines) is 1. The molecule has 1 aromatic heterocycles. The van der Waals surface area contributed by atoms with Gasteiger partial charge >= 0.3 is 0 Å². The highest BCUT2D eigenvalue weighted by Gasteiger charge is 2.28. The summed E-state index contributed by atoms with van der Waals surface area (Å²) < 4.78 is 0. The molecule has 0 bridgehead atoms. The Kier molecular flexibility index (Phi) is 5.68. The molecule has 0 saturated carbocycles. The minimum absolute atomic E-state index is 0.104. The number of aromatic nitrogens is 1. The topological polar surface area (TPSA) is 45.2 Å². The largest absolute Gasteiger partial charge is 0.352 e. The number of fused-ring (bicyclic) bond motifs is 1. The Morgan fingerprint density at radius 3 is 2.68 bits per heavy atom. The smallest absolute Gasteiger partial charge is 0.223 e. The van der Waals surface area contributed by atoms with Gasteiger partial charge in [-0.2, -0.15) is 0 Å². The van der Waals surface area contributed by atoms with E-state index in [2.05, 4.69) is 64.6 Å². The molecular formula is C24H27N3O. The highest BCUT2D eigenvalue weighted by molar-refractivity contribution is 5.86. The van der Waals surface area contributed by atoms with Crippen LogP contribution in [0.1, 0.15) is 36.9 Å². The van der Waals surface area contributed by atoms with E-state index in [1.54, 1.807) is 12.4 Å². The van der Waals surface area contributed by atoms with Crippen LogP contribution in [-0.2, 0) is 11.3 Å². The maximum absolute atomic E-state index is 12.5. The third-order valence-corrected chi connectivity index (χ3v) is 5.91. The number of benzene rings is 2. The summed E-state index contributed by atoms with van der Waals surface area (Å²) in [5.74, 6) is 0.272. The number of nitrogens with zero attached hydrogens (tertiary/aromatic N) is 2. The van der Waals surface area contributed by atoms with E-state index in [0.717, 1.165) is 31.5 Å². The number of carbonyl (C=O) groups is 1. The van der Waals surface area contributed by atoms with Crippen LogP contribution in [0.25, 0.3) is 10.8 Å². The highest BCUT2D eigenvalue weighted by atomic mass is 16.1. The zero-order chi connectivity index (χ0) is 19.3. The summed E-state index contributed by atoms with van der Waals surface area (Å²) in [4.78, 5) is 19.1. The molecule has 2 heterocycles. The first kappa shape index (κ1) is 18.6. The van der Waals surface area contributed by atoms with Gasteiger partial charge in [0.15, 0.2) is 0 Å². The van der Waals surface area contributed by atoms with Gasteiger partial charge in [0.2, 0.25) is 5.91 Å². The van der Waals surface area contributed by atoms with Crippen molar-refractivity contribution in [1.82, 2.24) is 15.2 Å². The van der Waals surface area contributed by atoms with Gasteiger partial charge in [0, 0.05) is 30.9 Å². The van der Waals surface area contributed by atoms with E-state index < -0.39 is 0 Å². The lowest BCUT2D eigenvalue weighted by Gasteiger charge is -2.36. The van der Waals surface area contributed by atoms with Crippen molar-refractivity contribution >= 4 is 16.7 Å². The Labute approximate surface area is 166 Å². The first-order valence-electron chi connectivity index (χ1n) is 10.1. The molecular weight excluding hydrogens is 346 g/mol. The van der Waals surface area contributed by atoms with Crippen molar-refractivity contribution in [2.75, 3.05) is 13.1 Å². The summed E-state index contributed by atoms with van der Waals surface area (Å²) >= 11 is 0. The van der Waals surface area contributed by atoms with Gasteiger partial charge < -0.3 is 5.32 Å². The highest BCUT2D eigenvalue weighted by Crippen LogP contribution is 2.31. The van der Waals surface area contributed by atoms with Crippen LogP contribution in [0.15, 0.2) is 67.0 Å². The summed E-state index contributed by atoms with van der Waals surface area (Å²) in [6.45, 7) is 4.74. The standard InChI is InChI=1S/C24H27N3O/c1-18(22-10-4-8-20-7-2-3-9-23(20)22)27-14-11-21(12-15-27)24(28)26-17-19-6-5-13-25-16-19/h2-10,13,16,18,21H,11-12,14-15,17H2,1H3,(H,26,28)/t18-/m1/s1. The lowest BCUT2D eigenvalue weighted by Crippen LogP contribution is -2.41. The Bertz CT molecular complexity index is 927. The number of nitrogens with one attached hydrogen (secondary N) is 1. The molecule has 4 rings (SSSR count).